The normalized spacial score (nSPS) is 10.6. The Morgan fingerprint density at radius 1 is 1.23 bits per heavy atom. The van der Waals surface area contributed by atoms with Crippen molar-refractivity contribution in [3.05, 3.63) is 48.5 Å². The van der Waals surface area contributed by atoms with Crippen LogP contribution in [-0.4, -0.2) is 28.7 Å². The predicted octanol–water partition coefficient (Wildman–Crippen LogP) is 3.30. The lowest BCUT2D eigenvalue weighted by Gasteiger charge is -2.09. The monoisotopic (exact) mass is 313 g/mol. The van der Waals surface area contributed by atoms with Gasteiger partial charge >= 0.3 is 0 Å². The van der Waals surface area contributed by atoms with E-state index in [9.17, 15) is 4.79 Å². The SMILES string of the molecule is COc1ccccc1NCC(=O)Sc1nc2ccccc2[nH]1. The highest BCUT2D eigenvalue weighted by atomic mass is 32.2. The van der Waals surface area contributed by atoms with Gasteiger partial charge in [0.2, 0.25) is 5.12 Å². The minimum atomic E-state index is -0.0232. The molecule has 2 N–H and O–H groups in total. The highest BCUT2D eigenvalue weighted by Gasteiger charge is 2.10. The number of aromatic nitrogens is 2. The Bertz CT molecular complexity index is 768. The van der Waals surface area contributed by atoms with Gasteiger partial charge in [-0.1, -0.05) is 24.3 Å². The van der Waals surface area contributed by atoms with E-state index in [-0.39, 0.29) is 11.7 Å². The number of hydrogen-bond donors (Lipinski definition) is 2. The number of nitrogens with one attached hydrogen (secondary N) is 2. The third-order valence-corrected chi connectivity index (χ3v) is 3.87. The number of carbonyl (C=O) groups is 1. The van der Waals surface area contributed by atoms with E-state index in [1.165, 1.54) is 0 Å². The molecule has 0 radical (unpaired) electrons. The van der Waals surface area contributed by atoms with Crippen LogP contribution in [0.3, 0.4) is 0 Å². The second-order valence-corrected chi connectivity index (χ2v) is 5.63. The Labute approximate surface area is 132 Å². The average molecular weight is 313 g/mol. The maximum atomic E-state index is 12.1. The van der Waals surface area contributed by atoms with Crippen molar-refractivity contribution in [1.82, 2.24) is 9.97 Å². The van der Waals surface area contributed by atoms with E-state index in [1.54, 1.807) is 7.11 Å². The van der Waals surface area contributed by atoms with Crippen LogP contribution < -0.4 is 10.1 Å². The van der Waals surface area contributed by atoms with Crippen molar-refractivity contribution >= 4 is 33.6 Å². The number of carbonyl (C=O) groups excluding carboxylic acids is 1. The van der Waals surface area contributed by atoms with E-state index in [1.807, 2.05) is 48.5 Å². The van der Waals surface area contributed by atoms with Crippen LogP contribution in [0.5, 0.6) is 5.75 Å². The molecule has 1 heterocycles. The van der Waals surface area contributed by atoms with Gasteiger partial charge in [0.15, 0.2) is 5.16 Å². The quantitative estimate of drug-likeness (QED) is 0.707. The second kappa shape index (κ2) is 6.53. The van der Waals surface area contributed by atoms with E-state index in [0.717, 1.165) is 28.5 Å². The number of hydrogen-bond acceptors (Lipinski definition) is 5. The van der Waals surface area contributed by atoms with E-state index in [4.69, 9.17) is 4.74 Å². The van der Waals surface area contributed by atoms with Gasteiger partial charge < -0.3 is 15.0 Å². The number of imidazole rings is 1. The molecule has 0 fully saturated rings. The van der Waals surface area contributed by atoms with Crippen molar-refractivity contribution in [1.29, 1.82) is 0 Å². The van der Waals surface area contributed by atoms with Gasteiger partial charge in [-0.3, -0.25) is 4.79 Å². The minimum Gasteiger partial charge on any atom is -0.495 e. The van der Waals surface area contributed by atoms with Gasteiger partial charge in [-0.15, -0.1) is 0 Å². The van der Waals surface area contributed by atoms with Gasteiger partial charge in [-0.05, 0) is 36.0 Å². The molecule has 0 aliphatic heterocycles. The Morgan fingerprint density at radius 2 is 2.00 bits per heavy atom. The standard InChI is InChI=1S/C16H15N3O2S/c1-21-14-9-5-4-8-13(14)17-10-15(20)22-16-18-11-6-2-3-7-12(11)19-16/h2-9,17H,10H2,1H3,(H,18,19). The molecule has 5 nitrogen and oxygen atoms in total. The zero-order chi connectivity index (χ0) is 15.4. The van der Waals surface area contributed by atoms with E-state index in [0.29, 0.717) is 10.9 Å². The topological polar surface area (TPSA) is 67.0 Å². The number of anilines is 1. The number of rotatable bonds is 5. The van der Waals surface area contributed by atoms with Gasteiger partial charge in [0.25, 0.3) is 0 Å². The number of aromatic amines is 1. The summed E-state index contributed by atoms with van der Waals surface area (Å²) < 4.78 is 5.24. The zero-order valence-corrected chi connectivity index (χ0v) is 12.8. The van der Waals surface area contributed by atoms with Gasteiger partial charge in [-0.2, -0.15) is 0 Å². The summed E-state index contributed by atoms with van der Waals surface area (Å²) in [5.74, 6) is 0.712. The molecule has 0 saturated carbocycles. The number of thioether (sulfide) groups is 1. The van der Waals surface area contributed by atoms with Crippen LogP contribution in [0.4, 0.5) is 5.69 Å². The predicted molar refractivity (Wildman–Crippen MR) is 88.4 cm³/mol. The summed E-state index contributed by atoms with van der Waals surface area (Å²) in [6.07, 6.45) is 0. The molecule has 3 rings (SSSR count). The molecule has 0 saturated heterocycles. The number of ether oxygens (including phenoxy) is 1. The van der Waals surface area contributed by atoms with Crippen LogP contribution in [0.25, 0.3) is 11.0 Å². The van der Waals surface area contributed by atoms with Crippen molar-refractivity contribution in [3.8, 4) is 5.75 Å². The molecule has 0 amide bonds. The van der Waals surface area contributed by atoms with Gasteiger partial charge in [-0.25, -0.2) is 4.98 Å². The molecule has 112 valence electrons. The van der Waals surface area contributed by atoms with Crippen molar-refractivity contribution < 1.29 is 9.53 Å². The second-order valence-electron chi connectivity index (χ2n) is 4.59. The molecule has 0 unspecified atom stereocenters. The van der Waals surface area contributed by atoms with E-state index >= 15 is 0 Å². The van der Waals surface area contributed by atoms with Crippen LogP contribution in [0.15, 0.2) is 53.7 Å². The Morgan fingerprint density at radius 3 is 2.82 bits per heavy atom. The fourth-order valence-electron chi connectivity index (χ4n) is 2.08. The lowest BCUT2D eigenvalue weighted by Crippen LogP contribution is -2.11. The van der Waals surface area contributed by atoms with Crippen molar-refractivity contribution in [2.45, 2.75) is 5.16 Å². The summed E-state index contributed by atoms with van der Waals surface area (Å²) in [7, 11) is 1.60. The highest BCUT2D eigenvalue weighted by molar-refractivity contribution is 8.13. The molecule has 2 aromatic carbocycles. The average Bonchev–Trinajstić information content (AvgIpc) is 2.95. The maximum absolute atomic E-state index is 12.1. The summed E-state index contributed by atoms with van der Waals surface area (Å²) in [5, 5.41) is 3.66. The van der Waals surface area contributed by atoms with Crippen LogP contribution in [0.2, 0.25) is 0 Å². The molecule has 0 aliphatic rings. The summed E-state index contributed by atoms with van der Waals surface area (Å²) in [6.45, 7) is 0.197. The molecule has 1 aromatic heterocycles. The molecule has 0 atom stereocenters. The number of methoxy groups -OCH3 is 1. The fourth-order valence-corrected chi connectivity index (χ4v) is 2.74. The van der Waals surface area contributed by atoms with Crippen LogP contribution in [0.1, 0.15) is 0 Å². The number of para-hydroxylation sites is 4. The highest BCUT2D eigenvalue weighted by Crippen LogP contribution is 2.24. The number of nitrogens with zero attached hydrogens (tertiary/aromatic N) is 1. The molecule has 0 bridgehead atoms. The Balaban J connectivity index is 1.62. The zero-order valence-electron chi connectivity index (χ0n) is 12.0. The van der Waals surface area contributed by atoms with Crippen LogP contribution in [0, 0.1) is 0 Å². The number of benzene rings is 2. The third-order valence-electron chi connectivity index (χ3n) is 3.11. The minimum absolute atomic E-state index is 0.0232. The van der Waals surface area contributed by atoms with Crippen molar-refractivity contribution in [3.63, 3.8) is 0 Å². The van der Waals surface area contributed by atoms with E-state index in [2.05, 4.69) is 15.3 Å². The molecule has 3 aromatic rings. The fraction of sp³-hybridized carbons (Fsp3) is 0.125. The lowest BCUT2D eigenvalue weighted by atomic mass is 10.3. The first kappa shape index (κ1) is 14.5. The summed E-state index contributed by atoms with van der Waals surface area (Å²) in [6, 6.07) is 15.2. The third kappa shape index (κ3) is 3.23. The largest absolute Gasteiger partial charge is 0.495 e. The van der Waals surface area contributed by atoms with Gasteiger partial charge in [0, 0.05) is 0 Å². The first-order valence-electron chi connectivity index (χ1n) is 6.78. The number of H-pyrrole nitrogens is 1. The molecular weight excluding hydrogens is 298 g/mol. The van der Waals surface area contributed by atoms with Gasteiger partial charge in [0.1, 0.15) is 5.75 Å². The Kier molecular flexibility index (Phi) is 4.29. The summed E-state index contributed by atoms with van der Waals surface area (Å²) >= 11 is 1.09. The van der Waals surface area contributed by atoms with Gasteiger partial charge in [0.05, 0.1) is 30.4 Å². The smallest absolute Gasteiger partial charge is 0.215 e. The summed E-state index contributed by atoms with van der Waals surface area (Å²) in [4.78, 5) is 19.6. The van der Waals surface area contributed by atoms with Crippen molar-refractivity contribution in [2.24, 2.45) is 0 Å². The van der Waals surface area contributed by atoms with Crippen LogP contribution >= 0.6 is 11.8 Å². The molecule has 22 heavy (non-hydrogen) atoms. The Hall–Kier alpha value is -2.47. The van der Waals surface area contributed by atoms with Crippen molar-refractivity contribution in [2.75, 3.05) is 19.0 Å². The molecule has 0 spiro atoms. The number of fused-ring (bicyclic) bond motifs is 1. The summed E-state index contributed by atoms with van der Waals surface area (Å²) in [5.41, 5.74) is 2.58. The maximum Gasteiger partial charge on any atom is 0.215 e. The lowest BCUT2D eigenvalue weighted by molar-refractivity contribution is -0.109. The van der Waals surface area contributed by atoms with Crippen LogP contribution in [-0.2, 0) is 4.79 Å². The van der Waals surface area contributed by atoms with E-state index < -0.39 is 0 Å². The first-order valence-corrected chi connectivity index (χ1v) is 7.60. The molecule has 6 heteroatoms. The first-order chi connectivity index (χ1) is 10.8. The molecular formula is C16H15N3O2S. The molecule has 0 aliphatic carbocycles.